The summed E-state index contributed by atoms with van der Waals surface area (Å²) in [5, 5.41) is 13.1. The van der Waals surface area contributed by atoms with E-state index in [2.05, 4.69) is 60.1 Å². The van der Waals surface area contributed by atoms with E-state index in [0.717, 1.165) is 41.1 Å². The smallest absolute Gasteiger partial charge is 0.226 e. The van der Waals surface area contributed by atoms with E-state index in [9.17, 15) is 0 Å². The van der Waals surface area contributed by atoms with Crippen molar-refractivity contribution >= 4 is 5.82 Å². The van der Waals surface area contributed by atoms with Crippen molar-refractivity contribution in [3.63, 3.8) is 0 Å². The molecule has 0 radical (unpaired) electrons. The van der Waals surface area contributed by atoms with Crippen molar-refractivity contribution in [1.29, 1.82) is 0 Å². The molecule has 0 unspecified atom stereocenters. The van der Waals surface area contributed by atoms with Gasteiger partial charge in [0.05, 0.1) is 18.9 Å². The zero-order valence-electron chi connectivity index (χ0n) is 24.5. The minimum Gasteiger partial charge on any atom is -0.496 e. The Morgan fingerprint density at radius 3 is 2.27 bits per heavy atom. The molecule has 1 aliphatic rings. The van der Waals surface area contributed by atoms with E-state index in [4.69, 9.17) is 13.9 Å². The third kappa shape index (κ3) is 6.12. The number of piperidine rings is 1. The number of nitrogens with zero attached hydrogens (tertiary/aromatic N) is 4. The molecule has 1 aliphatic heterocycles. The molecular weight excluding hydrogens is 502 g/mol. The average Bonchev–Trinajstić information content (AvgIpc) is 3.36. The summed E-state index contributed by atoms with van der Waals surface area (Å²) in [5.74, 6) is 3.29. The summed E-state index contributed by atoms with van der Waals surface area (Å²) < 4.78 is 18.0. The van der Waals surface area contributed by atoms with Crippen LogP contribution in [0, 0.1) is 6.92 Å². The third-order valence-electron chi connectivity index (χ3n) is 7.38. The zero-order valence-corrected chi connectivity index (χ0v) is 24.5. The first-order chi connectivity index (χ1) is 19.0. The van der Waals surface area contributed by atoms with Gasteiger partial charge in [-0.1, -0.05) is 30.3 Å². The Morgan fingerprint density at radius 2 is 1.68 bits per heavy atom. The molecule has 3 heterocycles. The molecule has 1 fully saturated rings. The second kappa shape index (κ2) is 10.9. The first-order valence-corrected chi connectivity index (χ1v) is 13.7. The van der Waals surface area contributed by atoms with E-state index in [1.165, 1.54) is 0 Å². The second-order valence-corrected chi connectivity index (χ2v) is 11.9. The SMILES string of the molecule is COc1cc(-c2ncc(C)o2)cc(OCc2ccccc2)c1-c1ccc(N(C)C2CC(C)(C)NC(C)(C)C2)nn1. The Bertz CT molecular complexity index is 1430. The third-order valence-corrected chi connectivity index (χ3v) is 7.38. The van der Waals surface area contributed by atoms with Gasteiger partial charge in [-0.15, -0.1) is 10.2 Å². The van der Waals surface area contributed by atoms with E-state index in [0.29, 0.717) is 35.7 Å². The van der Waals surface area contributed by atoms with Crippen LogP contribution >= 0.6 is 0 Å². The minimum absolute atomic E-state index is 0.0372. The predicted molar refractivity (Wildman–Crippen MR) is 158 cm³/mol. The fourth-order valence-electron chi connectivity index (χ4n) is 5.84. The first kappa shape index (κ1) is 27.6. The summed E-state index contributed by atoms with van der Waals surface area (Å²) in [6, 6.07) is 18.2. The van der Waals surface area contributed by atoms with Gasteiger partial charge in [0.15, 0.2) is 5.82 Å². The van der Waals surface area contributed by atoms with Gasteiger partial charge in [-0.3, -0.25) is 0 Å². The highest BCUT2D eigenvalue weighted by atomic mass is 16.5. The number of rotatable bonds is 8. The summed E-state index contributed by atoms with van der Waals surface area (Å²) in [4.78, 5) is 6.65. The Hall–Kier alpha value is -3.91. The number of hydrogen-bond donors (Lipinski definition) is 1. The van der Waals surface area contributed by atoms with Crippen molar-refractivity contribution in [2.45, 2.75) is 71.2 Å². The molecule has 4 aromatic rings. The van der Waals surface area contributed by atoms with Gasteiger partial charge in [-0.2, -0.15) is 0 Å². The number of aromatic nitrogens is 3. The van der Waals surface area contributed by atoms with Crippen molar-refractivity contribution in [3.8, 4) is 34.2 Å². The van der Waals surface area contributed by atoms with Crippen LogP contribution in [0.25, 0.3) is 22.7 Å². The number of ether oxygens (including phenoxy) is 2. The zero-order chi connectivity index (χ0) is 28.5. The van der Waals surface area contributed by atoms with Crippen LogP contribution in [0.1, 0.15) is 51.9 Å². The number of hydrogen-bond acceptors (Lipinski definition) is 8. The fraction of sp³-hybridized carbons (Fsp3) is 0.406. The largest absolute Gasteiger partial charge is 0.496 e. The van der Waals surface area contributed by atoms with E-state index in [1.54, 1.807) is 13.3 Å². The lowest BCUT2D eigenvalue weighted by Crippen LogP contribution is -2.62. The lowest BCUT2D eigenvalue weighted by Gasteiger charge is -2.49. The van der Waals surface area contributed by atoms with E-state index >= 15 is 0 Å². The van der Waals surface area contributed by atoms with Crippen molar-refractivity contribution in [2.75, 3.05) is 19.1 Å². The molecule has 0 amide bonds. The second-order valence-electron chi connectivity index (χ2n) is 11.9. The molecule has 0 spiro atoms. The Balaban J connectivity index is 1.49. The van der Waals surface area contributed by atoms with Gasteiger partial charge in [-0.25, -0.2) is 4.98 Å². The molecular formula is C32H39N5O3. The molecule has 8 heteroatoms. The van der Waals surface area contributed by atoms with Crippen LogP contribution < -0.4 is 19.7 Å². The minimum atomic E-state index is 0.0372. The molecule has 40 heavy (non-hydrogen) atoms. The number of benzene rings is 2. The lowest BCUT2D eigenvalue weighted by molar-refractivity contribution is 0.160. The fourth-order valence-corrected chi connectivity index (χ4v) is 5.84. The molecule has 2 aromatic carbocycles. The van der Waals surface area contributed by atoms with Gasteiger partial charge >= 0.3 is 0 Å². The number of nitrogens with one attached hydrogen (secondary N) is 1. The van der Waals surface area contributed by atoms with Gasteiger partial charge in [0.25, 0.3) is 0 Å². The standard InChI is InChI=1S/C32H39N5O3/c1-21-19-33-30(40-21)23-15-26(38-7)29(27(16-23)39-20-22-11-9-8-10-12-22)25-13-14-28(35-34-25)37(6)24-17-31(2,3)36-32(4,5)18-24/h8-16,19,24,36H,17-18,20H2,1-7H3. The highest BCUT2D eigenvalue weighted by Gasteiger charge is 2.39. The van der Waals surface area contributed by atoms with Crippen LogP contribution in [0.3, 0.4) is 0 Å². The molecule has 1 N–H and O–H groups in total. The monoisotopic (exact) mass is 541 g/mol. The van der Waals surface area contributed by atoms with Crippen molar-refractivity contribution in [1.82, 2.24) is 20.5 Å². The maximum atomic E-state index is 6.37. The normalized spacial score (nSPS) is 16.5. The van der Waals surface area contributed by atoms with Crippen LogP contribution in [0.2, 0.25) is 0 Å². The molecule has 8 nitrogen and oxygen atoms in total. The maximum absolute atomic E-state index is 6.37. The van der Waals surface area contributed by atoms with E-state index < -0.39 is 0 Å². The van der Waals surface area contributed by atoms with Gasteiger partial charge < -0.3 is 24.1 Å². The summed E-state index contributed by atoms with van der Waals surface area (Å²) in [7, 11) is 3.74. The molecule has 0 atom stereocenters. The van der Waals surface area contributed by atoms with Crippen LogP contribution in [-0.4, -0.2) is 46.5 Å². The number of anilines is 1. The van der Waals surface area contributed by atoms with Crippen LogP contribution in [0.4, 0.5) is 5.82 Å². The molecule has 0 bridgehead atoms. The highest BCUT2D eigenvalue weighted by molar-refractivity contribution is 5.79. The molecule has 1 saturated heterocycles. The summed E-state index contributed by atoms with van der Waals surface area (Å²) in [5.41, 5.74) is 3.29. The van der Waals surface area contributed by atoms with Gasteiger partial charge in [0.2, 0.25) is 5.89 Å². The van der Waals surface area contributed by atoms with Crippen molar-refractivity contribution in [2.24, 2.45) is 0 Å². The number of methoxy groups -OCH3 is 1. The maximum Gasteiger partial charge on any atom is 0.226 e. The topological polar surface area (TPSA) is 85.5 Å². The Morgan fingerprint density at radius 1 is 0.975 bits per heavy atom. The summed E-state index contributed by atoms with van der Waals surface area (Å²) in [6.45, 7) is 11.3. The average molecular weight is 542 g/mol. The van der Waals surface area contributed by atoms with Crippen LogP contribution in [-0.2, 0) is 6.61 Å². The molecule has 5 rings (SSSR count). The molecule has 2 aromatic heterocycles. The summed E-state index contributed by atoms with van der Waals surface area (Å²) in [6.07, 6.45) is 3.73. The molecule has 210 valence electrons. The molecule has 0 aliphatic carbocycles. The van der Waals surface area contributed by atoms with Crippen LogP contribution in [0.5, 0.6) is 11.5 Å². The van der Waals surface area contributed by atoms with Crippen LogP contribution in [0.15, 0.2) is 65.2 Å². The Labute approximate surface area is 236 Å². The predicted octanol–water partition coefficient (Wildman–Crippen LogP) is 6.44. The van der Waals surface area contributed by atoms with E-state index in [-0.39, 0.29) is 11.1 Å². The first-order valence-electron chi connectivity index (χ1n) is 13.7. The lowest BCUT2D eigenvalue weighted by atomic mass is 9.79. The quantitative estimate of drug-likeness (QED) is 0.273. The van der Waals surface area contributed by atoms with Crippen molar-refractivity contribution < 1.29 is 13.9 Å². The molecule has 0 saturated carbocycles. The Kier molecular flexibility index (Phi) is 7.55. The number of oxazole rings is 1. The highest BCUT2D eigenvalue weighted by Crippen LogP contribution is 2.42. The van der Waals surface area contributed by atoms with Gasteiger partial charge in [0, 0.05) is 29.7 Å². The van der Waals surface area contributed by atoms with Gasteiger partial charge in [0.1, 0.15) is 29.6 Å². The summed E-state index contributed by atoms with van der Waals surface area (Å²) >= 11 is 0. The number of aryl methyl sites for hydroxylation is 1. The van der Waals surface area contributed by atoms with E-state index in [1.807, 2.05) is 61.5 Å². The van der Waals surface area contributed by atoms with Crippen molar-refractivity contribution in [3.05, 3.63) is 72.1 Å². The van der Waals surface area contributed by atoms with Gasteiger partial charge in [-0.05, 0) is 77.3 Å².